The summed E-state index contributed by atoms with van der Waals surface area (Å²) >= 11 is 0. The van der Waals surface area contributed by atoms with Crippen molar-refractivity contribution >= 4 is 12.2 Å². The Bertz CT molecular complexity index is 159. The molecule has 0 spiro atoms. The largest absolute Gasteiger partial charge is 0.303 e. The van der Waals surface area contributed by atoms with Gasteiger partial charge in [0.1, 0.15) is 6.29 Å². The van der Waals surface area contributed by atoms with Gasteiger partial charge in [0.05, 0.1) is 0 Å². The van der Waals surface area contributed by atoms with E-state index in [9.17, 15) is 9.59 Å². The van der Waals surface area contributed by atoms with E-state index in [-0.39, 0.29) is 5.91 Å². The molecule has 0 fully saturated rings. The van der Waals surface area contributed by atoms with Gasteiger partial charge in [-0.2, -0.15) is 0 Å². The van der Waals surface area contributed by atoms with E-state index in [4.69, 9.17) is 5.21 Å². The monoisotopic (exact) mass is 201 g/mol. The van der Waals surface area contributed by atoms with Crippen LogP contribution in [0.5, 0.6) is 0 Å². The second kappa shape index (κ2) is 10.2. The Morgan fingerprint density at radius 2 is 1.64 bits per heavy atom. The minimum absolute atomic E-state index is 0.314. The zero-order chi connectivity index (χ0) is 10.6. The molecule has 0 aliphatic rings. The first-order chi connectivity index (χ1) is 6.81. The number of rotatable bonds is 9. The molecular weight excluding hydrogens is 182 g/mol. The fraction of sp³-hybridized carbons (Fsp3) is 0.800. The van der Waals surface area contributed by atoms with E-state index >= 15 is 0 Å². The Morgan fingerprint density at radius 1 is 1.07 bits per heavy atom. The molecule has 4 heteroatoms. The number of hydroxylamine groups is 1. The van der Waals surface area contributed by atoms with Crippen LogP contribution in [0.4, 0.5) is 0 Å². The Balaban J connectivity index is 2.98. The average molecular weight is 201 g/mol. The Hall–Kier alpha value is -0.900. The maximum Gasteiger partial charge on any atom is 0.243 e. The number of nitrogens with one attached hydrogen (secondary N) is 1. The first-order valence-electron chi connectivity index (χ1n) is 5.18. The number of hydrogen-bond acceptors (Lipinski definition) is 3. The van der Waals surface area contributed by atoms with Crippen LogP contribution < -0.4 is 5.48 Å². The number of hydrogen-bond donors (Lipinski definition) is 2. The first kappa shape index (κ1) is 13.1. The molecule has 0 rings (SSSR count). The average Bonchev–Trinajstić information content (AvgIpc) is 2.21. The van der Waals surface area contributed by atoms with Gasteiger partial charge in [-0.15, -0.1) is 0 Å². The first-order valence-corrected chi connectivity index (χ1v) is 5.18. The van der Waals surface area contributed by atoms with Gasteiger partial charge in [-0.3, -0.25) is 10.0 Å². The van der Waals surface area contributed by atoms with Gasteiger partial charge in [0, 0.05) is 12.8 Å². The summed E-state index contributed by atoms with van der Waals surface area (Å²) in [6, 6.07) is 0. The Kier molecular flexibility index (Phi) is 9.53. The summed E-state index contributed by atoms with van der Waals surface area (Å²) in [7, 11) is 0. The highest BCUT2D eigenvalue weighted by Crippen LogP contribution is 2.07. The van der Waals surface area contributed by atoms with Gasteiger partial charge in [-0.25, -0.2) is 5.48 Å². The second-order valence-corrected chi connectivity index (χ2v) is 3.36. The van der Waals surface area contributed by atoms with Crippen LogP contribution in [-0.2, 0) is 9.59 Å². The summed E-state index contributed by atoms with van der Waals surface area (Å²) in [5.74, 6) is -0.314. The Labute approximate surface area is 84.6 Å². The van der Waals surface area contributed by atoms with E-state index < -0.39 is 0 Å². The van der Waals surface area contributed by atoms with Gasteiger partial charge in [0.25, 0.3) is 0 Å². The van der Waals surface area contributed by atoms with Gasteiger partial charge in [0.2, 0.25) is 5.91 Å². The lowest BCUT2D eigenvalue weighted by molar-refractivity contribution is -0.129. The molecule has 0 aromatic heterocycles. The smallest absolute Gasteiger partial charge is 0.243 e. The summed E-state index contributed by atoms with van der Waals surface area (Å²) in [6.45, 7) is 0. The maximum atomic E-state index is 10.6. The zero-order valence-electron chi connectivity index (χ0n) is 8.50. The number of unbranched alkanes of at least 4 members (excludes halogenated alkanes) is 6. The van der Waals surface area contributed by atoms with E-state index in [1.165, 1.54) is 0 Å². The van der Waals surface area contributed by atoms with Crippen LogP contribution in [-0.4, -0.2) is 17.4 Å². The molecule has 0 aromatic rings. The highest BCUT2D eigenvalue weighted by atomic mass is 16.5. The summed E-state index contributed by atoms with van der Waals surface area (Å²) in [5.41, 5.74) is 1.61. The molecule has 0 atom stereocenters. The summed E-state index contributed by atoms with van der Waals surface area (Å²) in [4.78, 5) is 20.6. The molecule has 0 aromatic carbocycles. The minimum Gasteiger partial charge on any atom is -0.303 e. The molecule has 0 aliphatic heterocycles. The van der Waals surface area contributed by atoms with E-state index in [0.29, 0.717) is 12.8 Å². The van der Waals surface area contributed by atoms with Crippen LogP contribution in [0, 0.1) is 0 Å². The molecule has 14 heavy (non-hydrogen) atoms. The normalized spacial score (nSPS) is 9.79. The minimum atomic E-state index is -0.314. The molecule has 82 valence electrons. The third kappa shape index (κ3) is 9.19. The predicted octanol–water partition coefficient (Wildman–Crippen LogP) is 1.81. The van der Waals surface area contributed by atoms with Crippen molar-refractivity contribution in [3.63, 3.8) is 0 Å². The van der Waals surface area contributed by atoms with Gasteiger partial charge in [-0.05, 0) is 12.8 Å². The standard InChI is InChI=1S/C10H19NO3/c12-9-7-5-3-1-2-4-6-8-10(13)11-14/h9,14H,1-8H2,(H,11,13). The van der Waals surface area contributed by atoms with Gasteiger partial charge in [-0.1, -0.05) is 25.7 Å². The van der Waals surface area contributed by atoms with Crippen molar-refractivity contribution in [3.8, 4) is 0 Å². The van der Waals surface area contributed by atoms with Crippen LogP contribution in [0.25, 0.3) is 0 Å². The van der Waals surface area contributed by atoms with Gasteiger partial charge in [0.15, 0.2) is 0 Å². The third-order valence-electron chi connectivity index (χ3n) is 2.10. The maximum absolute atomic E-state index is 10.6. The molecule has 0 saturated heterocycles. The van der Waals surface area contributed by atoms with Crippen molar-refractivity contribution in [1.82, 2.24) is 5.48 Å². The SMILES string of the molecule is O=CCCCCCCCCC(=O)NO. The lowest BCUT2D eigenvalue weighted by Crippen LogP contribution is -2.17. The quantitative estimate of drug-likeness (QED) is 0.259. The summed E-state index contributed by atoms with van der Waals surface area (Å²) in [6.07, 6.45) is 8.11. The number of carbonyl (C=O) groups excluding carboxylic acids is 2. The van der Waals surface area contributed by atoms with Crippen molar-refractivity contribution < 1.29 is 14.8 Å². The molecular formula is C10H19NO3. The summed E-state index contributed by atoms with van der Waals surface area (Å²) < 4.78 is 0. The van der Waals surface area contributed by atoms with Crippen molar-refractivity contribution in [2.45, 2.75) is 51.4 Å². The van der Waals surface area contributed by atoms with E-state index in [2.05, 4.69) is 0 Å². The molecule has 0 radical (unpaired) electrons. The van der Waals surface area contributed by atoms with Gasteiger partial charge >= 0.3 is 0 Å². The van der Waals surface area contributed by atoms with Crippen molar-refractivity contribution in [3.05, 3.63) is 0 Å². The fourth-order valence-corrected chi connectivity index (χ4v) is 1.28. The predicted molar refractivity (Wildman–Crippen MR) is 52.9 cm³/mol. The Morgan fingerprint density at radius 3 is 2.21 bits per heavy atom. The molecule has 2 N–H and O–H groups in total. The lowest BCUT2D eigenvalue weighted by atomic mass is 10.1. The number of carbonyl (C=O) groups is 2. The fourth-order valence-electron chi connectivity index (χ4n) is 1.28. The topological polar surface area (TPSA) is 66.4 Å². The van der Waals surface area contributed by atoms with Crippen molar-refractivity contribution in [2.75, 3.05) is 0 Å². The third-order valence-corrected chi connectivity index (χ3v) is 2.10. The molecule has 0 aliphatic carbocycles. The molecule has 4 nitrogen and oxygen atoms in total. The highest BCUT2D eigenvalue weighted by molar-refractivity contribution is 5.74. The molecule has 1 amide bonds. The number of amides is 1. The van der Waals surface area contributed by atoms with Crippen LogP contribution in [0.1, 0.15) is 51.4 Å². The summed E-state index contributed by atoms with van der Waals surface area (Å²) in [5, 5.41) is 8.20. The molecule has 0 saturated carbocycles. The highest BCUT2D eigenvalue weighted by Gasteiger charge is 1.97. The van der Waals surface area contributed by atoms with Crippen molar-refractivity contribution in [2.24, 2.45) is 0 Å². The lowest BCUT2D eigenvalue weighted by Gasteiger charge is -1.99. The van der Waals surface area contributed by atoms with Crippen LogP contribution in [0.15, 0.2) is 0 Å². The van der Waals surface area contributed by atoms with E-state index in [1.807, 2.05) is 0 Å². The van der Waals surface area contributed by atoms with Crippen LogP contribution >= 0.6 is 0 Å². The molecule has 0 bridgehead atoms. The number of aldehydes is 1. The molecule has 0 heterocycles. The molecule has 0 unspecified atom stereocenters. The van der Waals surface area contributed by atoms with Crippen molar-refractivity contribution in [1.29, 1.82) is 0 Å². The zero-order valence-corrected chi connectivity index (χ0v) is 8.50. The van der Waals surface area contributed by atoms with E-state index in [1.54, 1.807) is 5.48 Å². The van der Waals surface area contributed by atoms with Gasteiger partial charge < -0.3 is 4.79 Å². The second-order valence-electron chi connectivity index (χ2n) is 3.36. The van der Waals surface area contributed by atoms with Crippen LogP contribution in [0.2, 0.25) is 0 Å². The van der Waals surface area contributed by atoms with E-state index in [0.717, 1.165) is 44.8 Å². The van der Waals surface area contributed by atoms with Crippen LogP contribution in [0.3, 0.4) is 0 Å².